The summed E-state index contributed by atoms with van der Waals surface area (Å²) in [6, 6.07) is 8.51. The van der Waals surface area contributed by atoms with E-state index in [1.54, 1.807) is 24.3 Å². The number of nitrogens with zero attached hydrogens (tertiary/aromatic N) is 2. The number of hydrogen-bond donors (Lipinski definition) is 2. The Hall–Kier alpha value is -2.83. The smallest absolute Gasteiger partial charge is 0.276 e. The average molecular weight is 274 g/mol. The van der Waals surface area contributed by atoms with Crippen LogP contribution < -0.4 is 11.5 Å². The lowest BCUT2D eigenvalue weighted by atomic mass is 10.1. The average Bonchev–Trinajstić information content (AvgIpc) is 2.93. The third-order valence-corrected chi connectivity index (χ3v) is 2.71. The number of aromatic nitrogens is 1. The second-order valence-electron chi connectivity index (χ2n) is 4.21. The molecule has 7 heteroatoms. The van der Waals surface area contributed by atoms with Crippen LogP contribution in [-0.4, -0.2) is 28.4 Å². The van der Waals surface area contributed by atoms with Gasteiger partial charge in [0.25, 0.3) is 5.91 Å². The van der Waals surface area contributed by atoms with Crippen molar-refractivity contribution in [3.05, 3.63) is 47.9 Å². The molecule has 0 aliphatic rings. The van der Waals surface area contributed by atoms with Gasteiger partial charge in [-0.2, -0.15) is 0 Å². The Bertz CT molecular complexity index is 610. The second-order valence-corrected chi connectivity index (χ2v) is 4.21. The van der Waals surface area contributed by atoms with Crippen LogP contribution in [0.15, 0.2) is 41.1 Å². The SMILES string of the molecule is NC(=O)CN(Cc1ccccc1N)C(=O)c1ccon1. The molecule has 7 nitrogen and oxygen atoms in total. The van der Waals surface area contributed by atoms with E-state index >= 15 is 0 Å². The van der Waals surface area contributed by atoms with Crippen LogP contribution in [0.4, 0.5) is 5.69 Å². The minimum absolute atomic E-state index is 0.112. The summed E-state index contributed by atoms with van der Waals surface area (Å²) in [5.41, 5.74) is 12.4. The zero-order valence-electron chi connectivity index (χ0n) is 10.7. The van der Waals surface area contributed by atoms with Crippen LogP contribution in [0.3, 0.4) is 0 Å². The monoisotopic (exact) mass is 274 g/mol. The molecule has 0 aliphatic heterocycles. The van der Waals surface area contributed by atoms with Gasteiger partial charge in [-0.15, -0.1) is 0 Å². The van der Waals surface area contributed by atoms with E-state index in [1.807, 2.05) is 0 Å². The first-order valence-electron chi connectivity index (χ1n) is 5.89. The molecule has 4 N–H and O–H groups in total. The fourth-order valence-corrected chi connectivity index (χ4v) is 1.76. The first-order valence-corrected chi connectivity index (χ1v) is 5.89. The molecule has 2 aromatic rings. The van der Waals surface area contributed by atoms with Gasteiger partial charge >= 0.3 is 0 Å². The van der Waals surface area contributed by atoms with Crippen LogP contribution in [0.5, 0.6) is 0 Å². The molecule has 0 bridgehead atoms. The molecule has 2 rings (SSSR count). The fraction of sp³-hybridized carbons (Fsp3) is 0.154. The lowest BCUT2D eigenvalue weighted by Gasteiger charge is -2.20. The van der Waals surface area contributed by atoms with Gasteiger partial charge in [0.05, 0.1) is 0 Å². The number of amides is 2. The minimum atomic E-state index is -0.614. The molecule has 0 radical (unpaired) electrons. The number of anilines is 1. The predicted molar refractivity (Wildman–Crippen MR) is 71.3 cm³/mol. The molecule has 0 unspecified atom stereocenters. The van der Waals surface area contributed by atoms with Gasteiger partial charge in [-0.05, 0) is 11.6 Å². The fourth-order valence-electron chi connectivity index (χ4n) is 1.76. The zero-order chi connectivity index (χ0) is 14.5. The number of nitrogens with two attached hydrogens (primary N) is 2. The van der Waals surface area contributed by atoms with Crippen molar-refractivity contribution in [3.63, 3.8) is 0 Å². The maximum absolute atomic E-state index is 12.2. The Morgan fingerprint density at radius 1 is 1.25 bits per heavy atom. The Morgan fingerprint density at radius 2 is 2.00 bits per heavy atom. The topological polar surface area (TPSA) is 115 Å². The lowest BCUT2D eigenvalue weighted by Crippen LogP contribution is -2.38. The van der Waals surface area contributed by atoms with Crippen molar-refractivity contribution in [3.8, 4) is 0 Å². The van der Waals surface area contributed by atoms with E-state index < -0.39 is 11.8 Å². The third kappa shape index (κ3) is 3.14. The molecule has 0 saturated heterocycles. The van der Waals surface area contributed by atoms with Crippen LogP contribution in [0.25, 0.3) is 0 Å². The molecule has 0 spiro atoms. The van der Waals surface area contributed by atoms with Crippen molar-refractivity contribution >= 4 is 17.5 Å². The van der Waals surface area contributed by atoms with Crippen molar-refractivity contribution in [2.75, 3.05) is 12.3 Å². The number of nitrogen functional groups attached to an aromatic ring is 1. The Balaban J connectivity index is 2.22. The summed E-state index contributed by atoms with van der Waals surface area (Å²) in [5, 5.41) is 3.56. The lowest BCUT2D eigenvalue weighted by molar-refractivity contribution is -0.118. The summed E-state index contributed by atoms with van der Waals surface area (Å²) in [7, 11) is 0. The number of para-hydroxylation sites is 1. The molecule has 0 saturated carbocycles. The van der Waals surface area contributed by atoms with Crippen molar-refractivity contribution in [2.45, 2.75) is 6.54 Å². The van der Waals surface area contributed by atoms with Crippen LogP contribution >= 0.6 is 0 Å². The highest BCUT2D eigenvalue weighted by Crippen LogP contribution is 2.15. The third-order valence-electron chi connectivity index (χ3n) is 2.71. The molecule has 104 valence electrons. The van der Waals surface area contributed by atoms with E-state index in [4.69, 9.17) is 11.5 Å². The largest absolute Gasteiger partial charge is 0.398 e. The van der Waals surface area contributed by atoms with E-state index in [9.17, 15) is 9.59 Å². The van der Waals surface area contributed by atoms with E-state index in [2.05, 4.69) is 9.68 Å². The summed E-state index contributed by atoms with van der Waals surface area (Å²) in [6.45, 7) is -0.0542. The number of carbonyl (C=O) groups is 2. The summed E-state index contributed by atoms with van der Waals surface area (Å²) in [6.07, 6.45) is 1.28. The van der Waals surface area contributed by atoms with Crippen molar-refractivity contribution in [1.82, 2.24) is 10.1 Å². The highest BCUT2D eigenvalue weighted by molar-refractivity contribution is 5.94. The van der Waals surface area contributed by atoms with E-state index in [-0.39, 0.29) is 18.8 Å². The van der Waals surface area contributed by atoms with Crippen LogP contribution in [0, 0.1) is 0 Å². The zero-order valence-corrected chi connectivity index (χ0v) is 10.7. The van der Waals surface area contributed by atoms with Gasteiger partial charge in [0.1, 0.15) is 12.8 Å². The van der Waals surface area contributed by atoms with Gasteiger partial charge in [0.15, 0.2) is 5.69 Å². The quantitative estimate of drug-likeness (QED) is 0.765. The molecule has 0 aliphatic carbocycles. The van der Waals surface area contributed by atoms with E-state index in [1.165, 1.54) is 17.2 Å². The first-order chi connectivity index (χ1) is 9.58. The molecule has 20 heavy (non-hydrogen) atoms. The summed E-state index contributed by atoms with van der Waals surface area (Å²) in [4.78, 5) is 24.6. The highest BCUT2D eigenvalue weighted by atomic mass is 16.5. The maximum atomic E-state index is 12.2. The van der Waals surface area contributed by atoms with E-state index in [0.717, 1.165) is 5.56 Å². The molecule has 2 amide bonds. The molecule has 0 atom stereocenters. The van der Waals surface area contributed by atoms with Crippen molar-refractivity contribution in [2.24, 2.45) is 5.73 Å². The van der Waals surface area contributed by atoms with Crippen molar-refractivity contribution < 1.29 is 14.1 Å². The van der Waals surface area contributed by atoms with Gasteiger partial charge < -0.3 is 20.9 Å². The summed E-state index contributed by atoms with van der Waals surface area (Å²) in [5.74, 6) is -1.06. The summed E-state index contributed by atoms with van der Waals surface area (Å²) >= 11 is 0. The van der Waals surface area contributed by atoms with Crippen LogP contribution in [-0.2, 0) is 11.3 Å². The maximum Gasteiger partial charge on any atom is 0.276 e. The molecule has 1 aromatic carbocycles. The summed E-state index contributed by atoms with van der Waals surface area (Å²) < 4.78 is 4.63. The predicted octanol–water partition coefficient (Wildman–Crippen LogP) is 0.384. The number of rotatable bonds is 5. The molecule has 1 heterocycles. The number of benzene rings is 1. The van der Waals surface area contributed by atoms with Gasteiger partial charge in [0.2, 0.25) is 5.91 Å². The van der Waals surface area contributed by atoms with Gasteiger partial charge in [-0.25, -0.2) is 0 Å². The van der Waals surface area contributed by atoms with Crippen LogP contribution in [0.1, 0.15) is 16.1 Å². The van der Waals surface area contributed by atoms with Crippen molar-refractivity contribution in [1.29, 1.82) is 0 Å². The molecular formula is C13H14N4O3. The Morgan fingerprint density at radius 3 is 2.60 bits per heavy atom. The van der Waals surface area contributed by atoms with Crippen LogP contribution in [0.2, 0.25) is 0 Å². The molecular weight excluding hydrogens is 260 g/mol. The molecule has 1 aromatic heterocycles. The number of primary amides is 1. The van der Waals surface area contributed by atoms with Gasteiger partial charge in [-0.1, -0.05) is 23.4 Å². The normalized spacial score (nSPS) is 10.2. The van der Waals surface area contributed by atoms with Gasteiger partial charge in [0, 0.05) is 18.3 Å². The Labute approximate surface area is 115 Å². The van der Waals surface area contributed by atoms with Gasteiger partial charge in [-0.3, -0.25) is 9.59 Å². The number of carbonyl (C=O) groups excluding carboxylic acids is 2. The number of hydrogen-bond acceptors (Lipinski definition) is 5. The second kappa shape index (κ2) is 5.87. The first kappa shape index (κ1) is 13.6. The standard InChI is InChI=1S/C13H14N4O3/c14-10-4-2-1-3-9(10)7-17(8-12(15)18)13(19)11-5-6-20-16-11/h1-6H,7-8,14H2,(H2,15,18). The molecule has 0 fully saturated rings. The Kier molecular flexibility index (Phi) is 3.99. The highest BCUT2D eigenvalue weighted by Gasteiger charge is 2.21. The minimum Gasteiger partial charge on any atom is -0.398 e. The van der Waals surface area contributed by atoms with E-state index in [0.29, 0.717) is 5.69 Å².